The summed E-state index contributed by atoms with van der Waals surface area (Å²) in [7, 11) is 0. The number of benzene rings is 1. The normalized spacial score (nSPS) is 10.9. The predicted octanol–water partition coefficient (Wildman–Crippen LogP) is 2.44. The second kappa shape index (κ2) is 7.09. The molecule has 1 rings (SSSR count). The number of rotatable bonds is 6. The van der Waals surface area contributed by atoms with E-state index in [0.29, 0.717) is 13.2 Å². The van der Waals surface area contributed by atoms with E-state index >= 15 is 0 Å². The van der Waals surface area contributed by atoms with Crippen molar-refractivity contribution in [1.82, 2.24) is 0 Å². The quantitative estimate of drug-likeness (QED) is 0.326. The van der Waals surface area contributed by atoms with E-state index in [0.717, 1.165) is 12.8 Å². The molecule has 0 atom stereocenters. The second-order valence-electron chi connectivity index (χ2n) is 2.98. The van der Waals surface area contributed by atoms with E-state index < -0.39 is 0 Å². The molecule has 0 saturated carbocycles. The largest absolute Gasteiger partial charge is 0.411 e. The van der Waals surface area contributed by atoms with Crippen molar-refractivity contribution in [3.05, 3.63) is 35.9 Å². The average Bonchev–Trinajstić information content (AvgIpc) is 2.25. The Kier molecular flexibility index (Phi) is 5.43. The van der Waals surface area contributed by atoms with Crippen LogP contribution in [-0.2, 0) is 11.3 Å². The first-order chi connectivity index (χ1) is 6.93. The maximum Gasteiger partial charge on any atom is 0.0716 e. The van der Waals surface area contributed by atoms with Gasteiger partial charge in [-0.05, 0) is 18.4 Å². The summed E-state index contributed by atoms with van der Waals surface area (Å²) in [4.78, 5) is 0. The molecule has 3 heteroatoms. The first kappa shape index (κ1) is 10.7. The van der Waals surface area contributed by atoms with Gasteiger partial charge in [0.25, 0.3) is 0 Å². The first-order valence-electron chi connectivity index (χ1n) is 4.71. The van der Waals surface area contributed by atoms with E-state index in [2.05, 4.69) is 5.16 Å². The molecule has 0 aliphatic carbocycles. The minimum atomic E-state index is 0.650. The van der Waals surface area contributed by atoms with E-state index in [1.807, 2.05) is 30.3 Å². The van der Waals surface area contributed by atoms with Crippen LogP contribution in [-0.4, -0.2) is 18.0 Å². The maximum absolute atomic E-state index is 8.13. The Labute approximate surface area is 84.0 Å². The highest BCUT2D eigenvalue weighted by Crippen LogP contribution is 2.00. The monoisotopic (exact) mass is 193 g/mol. The van der Waals surface area contributed by atoms with Crippen molar-refractivity contribution in [3.8, 4) is 0 Å². The lowest BCUT2D eigenvalue weighted by molar-refractivity contribution is 0.120. The molecule has 0 amide bonds. The van der Waals surface area contributed by atoms with Gasteiger partial charge in [-0.25, -0.2) is 0 Å². The van der Waals surface area contributed by atoms with E-state index in [-0.39, 0.29) is 0 Å². The summed E-state index contributed by atoms with van der Waals surface area (Å²) < 4.78 is 5.42. The van der Waals surface area contributed by atoms with Crippen molar-refractivity contribution < 1.29 is 9.94 Å². The van der Waals surface area contributed by atoms with E-state index in [9.17, 15) is 0 Å². The minimum Gasteiger partial charge on any atom is -0.411 e. The molecule has 0 fully saturated rings. The standard InChI is InChI=1S/C11H15NO2/c13-12-8-4-5-9-14-10-11-6-2-1-3-7-11/h1-3,6-8,13H,4-5,9-10H2/b12-8+. The Morgan fingerprint density at radius 1 is 1.29 bits per heavy atom. The first-order valence-corrected chi connectivity index (χ1v) is 4.71. The zero-order valence-corrected chi connectivity index (χ0v) is 8.10. The fraction of sp³-hybridized carbons (Fsp3) is 0.364. The van der Waals surface area contributed by atoms with Gasteiger partial charge in [0.15, 0.2) is 0 Å². The molecule has 0 aliphatic rings. The summed E-state index contributed by atoms with van der Waals surface area (Å²) in [5.41, 5.74) is 1.18. The van der Waals surface area contributed by atoms with Crippen molar-refractivity contribution >= 4 is 6.21 Å². The number of hydrogen-bond acceptors (Lipinski definition) is 3. The van der Waals surface area contributed by atoms with Gasteiger partial charge in [-0.1, -0.05) is 30.3 Å². The number of hydrogen-bond donors (Lipinski definition) is 1. The molecule has 0 heterocycles. The van der Waals surface area contributed by atoms with Gasteiger partial charge in [-0.2, -0.15) is 0 Å². The Morgan fingerprint density at radius 2 is 2.07 bits per heavy atom. The van der Waals surface area contributed by atoms with Crippen LogP contribution >= 0.6 is 0 Å². The summed E-state index contributed by atoms with van der Waals surface area (Å²) in [6, 6.07) is 10.1. The molecule has 0 bridgehead atoms. The molecule has 0 unspecified atom stereocenters. The van der Waals surface area contributed by atoms with Crippen LogP contribution in [0.1, 0.15) is 18.4 Å². The number of ether oxygens (including phenoxy) is 1. The third-order valence-corrected chi connectivity index (χ3v) is 1.82. The molecule has 1 aromatic carbocycles. The lowest BCUT2D eigenvalue weighted by Gasteiger charge is -2.02. The molecule has 0 saturated heterocycles. The highest BCUT2D eigenvalue weighted by molar-refractivity contribution is 5.55. The average molecular weight is 193 g/mol. The Morgan fingerprint density at radius 3 is 2.79 bits per heavy atom. The Hall–Kier alpha value is -1.35. The summed E-state index contributed by atoms with van der Waals surface area (Å²) >= 11 is 0. The Bertz CT molecular complexity index is 259. The molecule has 0 radical (unpaired) electrons. The molecule has 1 N–H and O–H groups in total. The molecule has 14 heavy (non-hydrogen) atoms. The van der Waals surface area contributed by atoms with Gasteiger partial charge in [-0.3, -0.25) is 0 Å². The third kappa shape index (κ3) is 4.62. The molecule has 0 aliphatic heterocycles. The van der Waals surface area contributed by atoms with Crippen molar-refractivity contribution in [2.75, 3.05) is 6.61 Å². The molecule has 0 aromatic heterocycles. The highest BCUT2D eigenvalue weighted by Gasteiger charge is 1.90. The lowest BCUT2D eigenvalue weighted by atomic mass is 10.2. The second-order valence-corrected chi connectivity index (χ2v) is 2.98. The van der Waals surface area contributed by atoms with Gasteiger partial charge in [0.05, 0.1) is 6.61 Å². The highest BCUT2D eigenvalue weighted by atomic mass is 16.5. The van der Waals surface area contributed by atoms with Crippen molar-refractivity contribution in [1.29, 1.82) is 0 Å². The summed E-state index contributed by atoms with van der Waals surface area (Å²) in [5, 5.41) is 11.0. The van der Waals surface area contributed by atoms with Crippen LogP contribution in [0.25, 0.3) is 0 Å². The smallest absolute Gasteiger partial charge is 0.0716 e. The zero-order valence-electron chi connectivity index (χ0n) is 8.10. The predicted molar refractivity (Wildman–Crippen MR) is 55.6 cm³/mol. The minimum absolute atomic E-state index is 0.650. The number of oxime groups is 1. The summed E-state index contributed by atoms with van der Waals surface area (Å²) in [6.07, 6.45) is 3.12. The van der Waals surface area contributed by atoms with E-state index in [4.69, 9.17) is 9.94 Å². The summed E-state index contributed by atoms with van der Waals surface area (Å²) in [5.74, 6) is 0. The topological polar surface area (TPSA) is 41.8 Å². The molecular formula is C11H15NO2. The van der Waals surface area contributed by atoms with Crippen molar-refractivity contribution in [3.63, 3.8) is 0 Å². The van der Waals surface area contributed by atoms with E-state index in [1.165, 1.54) is 11.8 Å². The SMILES string of the molecule is O/N=C/CCCOCc1ccccc1. The molecule has 0 spiro atoms. The van der Waals surface area contributed by atoms with Crippen molar-refractivity contribution in [2.45, 2.75) is 19.4 Å². The fourth-order valence-electron chi connectivity index (χ4n) is 1.10. The van der Waals surface area contributed by atoms with Gasteiger partial charge in [0, 0.05) is 12.8 Å². The van der Waals surface area contributed by atoms with Crippen LogP contribution < -0.4 is 0 Å². The van der Waals surface area contributed by atoms with Crippen LogP contribution in [0.15, 0.2) is 35.5 Å². The molecule has 3 nitrogen and oxygen atoms in total. The lowest BCUT2D eigenvalue weighted by Crippen LogP contribution is -1.95. The Balaban J connectivity index is 2.05. The van der Waals surface area contributed by atoms with Crippen LogP contribution in [0.3, 0.4) is 0 Å². The van der Waals surface area contributed by atoms with Crippen LogP contribution in [0.4, 0.5) is 0 Å². The van der Waals surface area contributed by atoms with Gasteiger partial charge in [-0.15, -0.1) is 5.16 Å². The number of unbranched alkanes of at least 4 members (excludes halogenated alkanes) is 1. The third-order valence-electron chi connectivity index (χ3n) is 1.82. The zero-order chi connectivity index (χ0) is 10.1. The van der Waals surface area contributed by atoms with E-state index in [1.54, 1.807) is 0 Å². The van der Waals surface area contributed by atoms with Gasteiger partial charge >= 0.3 is 0 Å². The van der Waals surface area contributed by atoms with Gasteiger partial charge in [0.1, 0.15) is 0 Å². The van der Waals surface area contributed by atoms with Crippen LogP contribution in [0, 0.1) is 0 Å². The van der Waals surface area contributed by atoms with Gasteiger partial charge < -0.3 is 9.94 Å². The molecule has 1 aromatic rings. The summed E-state index contributed by atoms with van der Waals surface area (Å²) in [6.45, 7) is 1.35. The fourth-order valence-corrected chi connectivity index (χ4v) is 1.10. The molecular weight excluding hydrogens is 178 g/mol. The van der Waals surface area contributed by atoms with Crippen molar-refractivity contribution in [2.24, 2.45) is 5.16 Å². The van der Waals surface area contributed by atoms with Gasteiger partial charge in [0.2, 0.25) is 0 Å². The van der Waals surface area contributed by atoms with Crippen LogP contribution in [0.5, 0.6) is 0 Å². The van der Waals surface area contributed by atoms with Crippen LogP contribution in [0.2, 0.25) is 0 Å². The molecule has 76 valence electrons. The number of nitrogens with zero attached hydrogens (tertiary/aromatic N) is 1. The maximum atomic E-state index is 8.13.